The molecule has 0 aliphatic rings. The van der Waals surface area contributed by atoms with Crippen molar-refractivity contribution >= 4 is 0 Å². The Hall–Kier alpha value is -0.860. The molecule has 0 amide bonds. The van der Waals surface area contributed by atoms with Crippen LogP contribution in [-0.2, 0) is 4.74 Å². The predicted octanol–water partition coefficient (Wildman–Crippen LogP) is 3.15. The summed E-state index contributed by atoms with van der Waals surface area (Å²) >= 11 is 0. The van der Waals surface area contributed by atoms with E-state index in [1.54, 1.807) is 7.11 Å². The SMILES string of the molecule is COC(C)(C)CCN[C@H](C)c1ccccc1. The molecular weight excluding hydrogens is 198 g/mol. The van der Waals surface area contributed by atoms with Crippen LogP contribution in [0, 0.1) is 0 Å². The first-order valence-corrected chi connectivity index (χ1v) is 5.88. The van der Waals surface area contributed by atoms with E-state index >= 15 is 0 Å². The van der Waals surface area contributed by atoms with Crippen LogP contribution in [0.3, 0.4) is 0 Å². The lowest BCUT2D eigenvalue weighted by molar-refractivity contribution is 0.0154. The van der Waals surface area contributed by atoms with Crippen LogP contribution in [-0.4, -0.2) is 19.3 Å². The topological polar surface area (TPSA) is 21.3 Å². The monoisotopic (exact) mass is 221 g/mol. The minimum Gasteiger partial charge on any atom is -0.379 e. The molecule has 0 heterocycles. The van der Waals surface area contributed by atoms with Gasteiger partial charge in [0.05, 0.1) is 5.60 Å². The number of rotatable bonds is 6. The Morgan fingerprint density at radius 2 is 1.88 bits per heavy atom. The molecule has 0 radical (unpaired) electrons. The van der Waals surface area contributed by atoms with Gasteiger partial charge in [-0.3, -0.25) is 0 Å². The van der Waals surface area contributed by atoms with Gasteiger partial charge in [0, 0.05) is 13.2 Å². The van der Waals surface area contributed by atoms with Gasteiger partial charge in [-0.2, -0.15) is 0 Å². The Balaban J connectivity index is 2.34. The highest BCUT2D eigenvalue weighted by Gasteiger charge is 2.15. The molecule has 16 heavy (non-hydrogen) atoms. The summed E-state index contributed by atoms with van der Waals surface area (Å²) < 4.78 is 5.39. The average molecular weight is 221 g/mol. The highest BCUT2D eigenvalue weighted by molar-refractivity contribution is 5.17. The first kappa shape index (κ1) is 13.2. The fraction of sp³-hybridized carbons (Fsp3) is 0.571. The third-order valence-corrected chi connectivity index (χ3v) is 3.03. The van der Waals surface area contributed by atoms with Crippen molar-refractivity contribution in [2.75, 3.05) is 13.7 Å². The third kappa shape index (κ3) is 4.33. The summed E-state index contributed by atoms with van der Waals surface area (Å²) in [4.78, 5) is 0. The van der Waals surface area contributed by atoms with Crippen molar-refractivity contribution in [1.29, 1.82) is 0 Å². The summed E-state index contributed by atoms with van der Waals surface area (Å²) in [6, 6.07) is 10.9. The number of nitrogens with one attached hydrogen (secondary N) is 1. The van der Waals surface area contributed by atoms with E-state index in [9.17, 15) is 0 Å². The highest BCUT2D eigenvalue weighted by atomic mass is 16.5. The van der Waals surface area contributed by atoms with Gasteiger partial charge in [-0.05, 0) is 39.3 Å². The number of methoxy groups -OCH3 is 1. The Labute approximate surface area is 99.0 Å². The zero-order valence-electron chi connectivity index (χ0n) is 10.8. The molecule has 1 rings (SSSR count). The smallest absolute Gasteiger partial charge is 0.0634 e. The fourth-order valence-corrected chi connectivity index (χ4v) is 1.55. The van der Waals surface area contributed by atoms with E-state index in [-0.39, 0.29) is 5.60 Å². The molecule has 0 saturated heterocycles. The van der Waals surface area contributed by atoms with Crippen LogP contribution >= 0.6 is 0 Å². The van der Waals surface area contributed by atoms with Crippen LogP contribution in [0.1, 0.15) is 38.8 Å². The van der Waals surface area contributed by atoms with Crippen molar-refractivity contribution in [2.45, 2.75) is 38.8 Å². The van der Waals surface area contributed by atoms with Crippen molar-refractivity contribution in [3.05, 3.63) is 35.9 Å². The van der Waals surface area contributed by atoms with Crippen LogP contribution in [0.5, 0.6) is 0 Å². The standard InChI is InChI=1S/C14H23NO/c1-12(13-8-6-5-7-9-13)15-11-10-14(2,3)16-4/h5-9,12,15H,10-11H2,1-4H3/t12-/m1/s1. The van der Waals surface area contributed by atoms with Crippen LogP contribution in [0.4, 0.5) is 0 Å². The van der Waals surface area contributed by atoms with E-state index in [0.717, 1.165) is 13.0 Å². The normalized spacial score (nSPS) is 13.8. The van der Waals surface area contributed by atoms with Crippen molar-refractivity contribution in [2.24, 2.45) is 0 Å². The number of benzene rings is 1. The molecule has 0 fully saturated rings. The van der Waals surface area contributed by atoms with Crippen molar-refractivity contribution in [1.82, 2.24) is 5.32 Å². The molecule has 0 saturated carbocycles. The molecule has 0 aliphatic carbocycles. The van der Waals surface area contributed by atoms with Gasteiger partial charge in [0.2, 0.25) is 0 Å². The molecule has 1 atom stereocenters. The van der Waals surface area contributed by atoms with E-state index in [4.69, 9.17) is 4.74 Å². The molecular formula is C14H23NO. The second kappa shape index (κ2) is 6.02. The van der Waals surface area contributed by atoms with Gasteiger partial charge in [-0.15, -0.1) is 0 Å². The Morgan fingerprint density at radius 1 is 1.25 bits per heavy atom. The lowest BCUT2D eigenvalue weighted by Crippen LogP contribution is -2.30. The summed E-state index contributed by atoms with van der Waals surface area (Å²) in [5, 5.41) is 3.51. The number of ether oxygens (including phenoxy) is 1. The first-order chi connectivity index (χ1) is 7.55. The average Bonchev–Trinajstić information content (AvgIpc) is 2.30. The van der Waals surface area contributed by atoms with Gasteiger partial charge in [0.25, 0.3) is 0 Å². The first-order valence-electron chi connectivity index (χ1n) is 5.88. The zero-order valence-corrected chi connectivity index (χ0v) is 10.8. The molecule has 1 aromatic carbocycles. The maximum Gasteiger partial charge on any atom is 0.0634 e. The van der Waals surface area contributed by atoms with Crippen molar-refractivity contribution in [3.8, 4) is 0 Å². The predicted molar refractivity (Wildman–Crippen MR) is 68.6 cm³/mol. The maximum atomic E-state index is 5.39. The molecule has 2 nitrogen and oxygen atoms in total. The van der Waals surface area contributed by atoms with Crippen LogP contribution in [0.25, 0.3) is 0 Å². The second-order valence-corrected chi connectivity index (χ2v) is 4.80. The summed E-state index contributed by atoms with van der Waals surface area (Å²) in [6.45, 7) is 7.38. The second-order valence-electron chi connectivity index (χ2n) is 4.80. The zero-order chi connectivity index (χ0) is 12.0. The van der Waals surface area contributed by atoms with Crippen LogP contribution < -0.4 is 5.32 Å². The van der Waals surface area contributed by atoms with E-state index in [2.05, 4.69) is 50.4 Å². The lowest BCUT2D eigenvalue weighted by Gasteiger charge is -2.24. The van der Waals surface area contributed by atoms with Gasteiger partial charge in [-0.25, -0.2) is 0 Å². The summed E-state index contributed by atoms with van der Waals surface area (Å²) in [6.07, 6.45) is 1.01. The highest BCUT2D eigenvalue weighted by Crippen LogP contribution is 2.14. The van der Waals surface area contributed by atoms with E-state index < -0.39 is 0 Å². The quantitative estimate of drug-likeness (QED) is 0.796. The maximum absolute atomic E-state index is 5.39. The van der Waals surface area contributed by atoms with Gasteiger partial charge in [0.1, 0.15) is 0 Å². The van der Waals surface area contributed by atoms with Gasteiger partial charge >= 0.3 is 0 Å². The van der Waals surface area contributed by atoms with Crippen LogP contribution in [0.2, 0.25) is 0 Å². The largest absolute Gasteiger partial charge is 0.379 e. The minimum atomic E-state index is -0.0383. The van der Waals surface area contributed by atoms with Gasteiger partial charge in [-0.1, -0.05) is 30.3 Å². The van der Waals surface area contributed by atoms with E-state index in [1.807, 2.05) is 6.07 Å². The number of hydrogen-bond donors (Lipinski definition) is 1. The van der Waals surface area contributed by atoms with Crippen molar-refractivity contribution < 1.29 is 4.74 Å². The van der Waals surface area contributed by atoms with E-state index in [0.29, 0.717) is 6.04 Å². The Bertz CT molecular complexity index is 295. The van der Waals surface area contributed by atoms with Gasteiger partial charge < -0.3 is 10.1 Å². The lowest BCUT2D eigenvalue weighted by atomic mass is 10.0. The summed E-state index contributed by atoms with van der Waals surface area (Å²) in [5.41, 5.74) is 1.29. The van der Waals surface area contributed by atoms with Crippen molar-refractivity contribution in [3.63, 3.8) is 0 Å². The molecule has 0 aliphatic heterocycles. The molecule has 0 unspecified atom stereocenters. The fourth-order valence-electron chi connectivity index (χ4n) is 1.55. The third-order valence-electron chi connectivity index (χ3n) is 3.03. The van der Waals surface area contributed by atoms with Gasteiger partial charge in [0.15, 0.2) is 0 Å². The molecule has 90 valence electrons. The Morgan fingerprint density at radius 3 is 2.44 bits per heavy atom. The molecule has 0 spiro atoms. The Kier molecular flexibility index (Phi) is 4.97. The minimum absolute atomic E-state index is 0.0383. The summed E-state index contributed by atoms with van der Waals surface area (Å²) in [7, 11) is 1.76. The summed E-state index contributed by atoms with van der Waals surface area (Å²) in [5.74, 6) is 0. The molecule has 0 bridgehead atoms. The van der Waals surface area contributed by atoms with E-state index in [1.165, 1.54) is 5.56 Å². The van der Waals surface area contributed by atoms with Crippen LogP contribution in [0.15, 0.2) is 30.3 Å². The molecule has 1 aromatic rings. The molecule has 1 N–H and O–H groups in total. The molecule has 2 heteroatoms. The number of hydrogen-bond acceptors (Lipinski definition) is 2. The molecule has 0 aromatic heterocycles.